The SMILES string of the molecule is CCOc1ccc(NC(=O)COC(=O)c2cc(-c3cccs3)nc3c2cnn3CC)c([N+](=O)[O-])c1. The van der Waals surface area contributed by atoms with Gasteiger partial charge < -0.3 is 14.8 Å². The molecule has 0 aliphatic heterocycles. The molecular weight excluding hydrogens is 474 g/mol. The van der Waals surface area contributed by atoms with Crippen molar-refractivity contribution in [1.82, 2.24) is 14.8 Å². The monoisotopic (exact) mass is 495 g/mol. The number of pyridine rings is 1. The number of anilines is 1. The first-order valence-corrected chi connectivity index (χ1v) is 11.6. The Hall–Kier alpha value is -4.32. The lowest BCUT2D eigenvalue weighted by Crippen LogP contribution is -2.21. The first kappa shape index (κ1) is 23.8. The van der Waals surface area contributed by atoms with Crippen LogP contribution in [-0.4, -0.2) is 44.8 Å². The van der Waals surface area contributed by atoms with Crippen molar-refractivity contribution in [3.8, 4) is 16.3 Å². The Morgan fingerprint density at radius 3 is 2.74 bits per heavy atom. The van der Waals surface area contributed by atoms with E-state index in [-0.39, 0.29) is 16.9 Å². The van der Waals surface area contributed by atoms with Crippen LogP contribution in [0.3, 0.4) is 0 Å². The molecule has 4 rings (SSSR count). The minimum atomic E-state index is -0.734. The van der Waals surface area contributed by atoms with Crippen molar-refractivity contribution in [2.45, 2.75) is 20.4 Å². The fourth-order valence-electron chi connectivity index (χ4n) is 3.42. The Morgan fingerprint density at radius 2 is 2.06 bits per heavy atom. The summed E-state index contributed by atoms with van der Waals surface area (Å²) in [7, 11) is 0. The second kappa shape index (κ2) is 10.3. The van der Waals surface area contributed by atoms with Crippen molar-refractivity contribution < 1.29 is 24.0 Å². The fourth-order valence-corrected chi connectivity index (χ4v) is 4.10. The number of amides is 1. The van der Waals surface area contributed by atoms with Crippen LogP contribution in [0.25, 0.3) is 21.6 Å². The normalized spacial score (nSPS) is 10.8. The number of carbonyl (C=O) groups excluding carboxylic acids is 2. The summed E-state index contributed by atoms with van der Waals surface area (Å²) >= 11 is 1.48. The third-order valence-electron chi connectivity index (χ3n) is 4.99. The number of thiophene rings is 1. The van der Waals surface area contributed by atoms with Gasteiger partial charge in [0.15, 0.2) is 12.3 Å². The molecule has 0 atom stereocenters. The van der Waals surface area contributed by atoms with Gasteiger partial charge in [0, 0.05) is 6.54 Å². The van der Waals surface area contributed by atoms with E-state index in [9.17, 15) is 19.7 Å². The van der Waals surface area contributed by atoms with Crippen molar-refractivity contribution in [1.29, 1.82) is 0 Å². The molecule has 0 unspecified atom stereocenters. The highest BCUT2D eigenvalue weighted by Gasteiger charge is 2.21. The van der Waals surface area contributed by atoms with E-state index in [1.165, 1.54) is 35.7 Å². The van der Waals surface area contributed by atoms with Gasteiger partial charge in [-0.1, -0.05) is 6.07 Å². The minimum absolute atomic E-state index is 0.0324. The number of hydrogen-bond donors (Lipinski definition) is 1. The summed E-state index contributed by atoms with van der Waals surface area (Å²) in [6.07, 6.45) is 1.53. The average Bonchev–Trinajstić information content (AvgIpc) is 3.53. The summed E-state index contributed by atoms with van der Waals surface area (Å²) in [5.41, 5.74) is 0.968. The number of aryl methyl sites for hydroxylation is 1. The van der Waals surface area contributed by atoms with Crippen LogP contribution >= 0.6 is 11.3 Å². The molecule has 12 heteroatoms. The molecule has 1 amide bonds. The number of carbonyl (C=O) groups is 2. The Labute approximate surface area is 203 Å². The van der Waals surface area contributed by atoms with Crippen LogP contribution in [0.2, 0.25) is 0 Å². The maximum atomic E-state index is 12.9. The van der Waals surface area contributed by atoms with E-state index in [2.05, 4.69) is 15.4 Å². The second-order valence-electron chi connectivity index (χ2n) is 7.22. The lowest BCUT2D eigenvalue weighted by molar-refractivity contribution is -0.384. The molecule has 0 saturated carbocycles. The van der Waals surface area contributed by atoms with Gasteiger partial charge in [-0.15, -0.1) is 11.3 Å². The highest BCUT2D eigenvalue weighted by atomic mass is 32.1. The number of aromatic nitrogens is 3. The van der Waals surface area contributed by atoms with Crippen molar-refractivity contribution in [2.24, 2.45) is 0 Å². The molecule has 3 aromatic heterocycles. The van der Waals surface area contributed by atoms with Gasteiger partial charge in [0.25, 0.3) is 11.6 Å². The van der Waals surface area contributed by atoms with Gasteiger partial charge in [0.2, 0.25) is 0 Å². The standard InChI is InChI=1S/C23H21N5O6S/c1-3-27-22-16(12-24-27)15(11-18(26-22)20-6-5-9-35-20)23(30)34-13-21(29)25-17-8-7-14(33-4-2)10-19(17)28(31)32/h5-12H,3-4,13H2,1-2H3,(H,25,29). The number of nitrogens with zero attached hydrogens (tertiary/aromatic N) is 4. The van der Waals surface area contributed by atoms with Gasteiger partial charge in [-0.25, -0.2) is 14.5 Å². The molecule has 0 fully saturated rings. The summed E-state index contributed by atoms with van der Waals surface area (Å²) in [4.78, 5) is 41.6. The zero-order valence-electron chi connectivity index (χ0n) is 18.9. The summed E-state index contributed by atoms with van der Waals surface area (Å²) < 4.78 is 12.2. The van der Waals surface area contributed by atoms with Crippen LogP contribution in [0.1, 0.15) is 24.2 Å². The summed E-state index contributed by atoms with van der Waals surface area (Å²) in [5, 5.41) is 20.5. The summed E-state index contributed by atoms with van der Waals surface area (Å²) in [6, 6.07) is 9.46. The Bertz CT molecular complexity index is 1400. The summed E-state index contributed by atoms with van der Waals surface area (Å²) in [6.45, 7) is 3.93. The third kappa shape index (κ3) is 5.11. The molecule has 0 spiro atoms. The van der Waals surface area contributed by atoms with Gasteiger partial charge in [-0.05, 0) is 43.5 Å². The number of rotatable bonds is 9. The molecular formula is C23H21N5O6S. The van der Waals surface area contributed by atoms with Crippen LogP contribution < -0.4 is 10.1 Å². The maximum Gasteiger partial charge on any atom is 0.339 e. The van der Waals surface area contributed by atoms with E-state index < -0.39 is 23.4 Å². The number of ether oxygens (including phenoxy) is 2. The zero-order valence-corrected chi connectivity index (χ0v) is 19.7. The Kier molecular flexibility index (Phi) is 7.01. The average molecular weight is 496 g/mol. The highest BCUT2D eigenvalue weighted by molar-refractivity contribution is 7.13. The molecule has 35 heavy (non-hydrogen) atoms. The van der Waals surface area contributed by atoms with Crippen LogP contribution in [0, 0.1) is 10.1 Å². The largest absolute Gasteiger partial charge is 0.494 e. The lowest BCUT2D eigenvalue weighted by atomic mass is 10.1. The third-order valence-corrected chi connectivity index (χ3v) is 5.88. The van der Waals surface area contributed by atoms with E-state index in [4.69, 9.17) is 9.47 Å². The Morgan fingerprint density at radius 1 is 1.23 bits per heavy atom. The Balaban J connectivity index is 1.53. The van der Waals surface area contributed by atoms with Crippen LogP contribution in [0.5, 0.6) is 5.75 Å². The fraction of sp³-hybridized carbons (Fsp3) is 0.217. The minimum Gasteiger partial charge on any atom is -0.494 e. The van der Waals surface area contributed by atoms with E-state index in [1.54, 1.807) is 17.7 Å². The van der Waals surface area contributed by atoms with Crippen LogP contribution in [0.4, 0.5) is 11.4 Å². The van der Waals surface area contributed by atoms with Gasteiger partial charge in [0.05, 0.1) is 45.3 Å². The topological polar surface area (TPSA) is 138 Å². The van der Waals surface area contributed by atoms with Crippen LogP contribution in [-0.2, 0) is 16.1 Å². The van der Waals surface area contributed by atoms with Gasteiger partial charge in [-0.3, -0.25) is 14.9 Å². The van der Waals surface area contributed by atoms with Gasteiger partial charge >= 0.3 is 5.97 Å². The first-order chi connectivity index (χ1) is 16.9. The van der Waals surface area contributed by atoms with E-state index in [0.29, 0.717) is 35.6 Å². The first-order valence-electron chi connectivity index (χ1n) is 10.7. The molecule has 0 saturated heterocycles. The number of esters is 1. The smallest absolute Gasteiger partial charge is 0.339 e. The molecule has 1 aromatic carbocycles. The quantitative estimate of drug-likeness (QED) is 0.206. The molecule has 4 aromatic rings. The van der Waals surface area contributed by atoms with E-state index in [0.717, 1.165) is 4.88 Å². The number of nitro benzene ring substituents is 1. The lowest BCUT2D eigenvalue weighted by Gasteiger charge is -2.10. The van der Waals surface area contributed by atoms with E-state index in [1.807, 2.05) is 24.4 Å². The molecule has 0 bridgehead atoms. The highest BCUT2D eigenvalue weighted by Crippen LogP contribution is 2.30. The second-order valence-corrected chi connectivity index (χ2v) is 8.17. The van der Waals surface area contributed by atoms with Gasteiger partial charge in [-0.2, -0.15) is 5.10 Å². The van der Waals surface area contributed by atoms with Crippen LogP contribution in [0.15, 0.2) is 48.0 Å². The predicted octanol–water partition coefficient (Wildman–Crippen LogP) is 4.28. The van der Waals surface area contributed by atoms with Crippen molar-refractivity contribution in [2.75, 3.05) is 18.5 Å². The summed E-state index contributed by atoms with van der Waals surface area (Å²) in [5.74, 6) is -1.15. The van der Waals surface area contributed by atoms with Gasteiger partial charge in [0.1, 0.15) is 11.4 Å². The van der Waals surface area contributed by atoms with Crippen molar-refractivity contribution >= 4 is 45.6 Å². The number of nitro groups is 1. The molecule has 0 radical (unpaired) electrons. The number of fused-ring (bicyclic) bond motifs is 1. The molecule has 1 N–H and O–H groups in total. The molecule has 11 nitrogen and oxygen atoms in total. The van der Waals surface area contributed by atoms with E-state index >= 15 is 0 Å². The molecule has 0 aliphatic rings. The molecule has 3 heterocycles. The predicted molar refractivity (Wildman–Crippen MR) is 130 cm³/mol. The van der Waals surface area contributed by atoms with Crippen molar-refractivity contribution in [3.05, 3.63) is 63.7 Å². The van der Waals surface area contributed by atoms with Crippen molar-refractivity contribution in [3.63, 3.8) is 0 Å². The maximum absolute atomic E-state index is 12.9. The number of benzene rings is 1. The zero-order chi connectivity index (χ0) is 24.9. The number of hydrogen-bond acceptors (Lipinski definition) is 9. The molecule has 0 aliphatic carbocycles. The number of nitrogens with one attached hydrogen (secondary N) is 1. The molecule has 180 valence electrons.